The lowest BCUT2D eigenvalue weighted by atomic mass is 9.77. The van der Waals surface area contributed by atoms with Gasteiger partial charge in [-0.1, -0.05) is 6.07 Å². The first kappa shape index (κ1) is 9.98. The molecule has 1 aliphatic carbocycles. The van der Waals surface area contributed by atoms with Crippen LogP contribution < -0.4 is 11.1 Å². The maximum Gasteiger partial charge on any atom is 0.244 e. The van der Waals surface area contributed by atoms with E-state index in [1.165, 1.54) is 6.07 Å². The van der Waals surface area contributed by atoms with E-state index in [9.17, 15) is 9.90 Å². The van der Waals surface area contributed by atoms with Crippen LogP contribution in [0.3, 0.4) is 0 Å². The number of hydrogen-bond acceptors (Lipinski definition) is 3. The number of nitrogens with one attached hydrogen (secondary N) is 1. The maximum atomic E-state index is 11.7. The Labute approximate surface area is 88.1 Å². The van der Waals surface area contributed by atoms with Crippen LogP contribution in [0.4, 0.5) is 5.69 Å². The van der Waals surface area contributed by atoms with E-state index in [0.717, 1.165) is 19.3 Å². The summed E-state index contributed by atoms with van der Waals surface area (Å²) in [5, 5.41) is 11.9. The summed E-state index contributed by atoms with van der Waals surface area (Å²) in [5.74, 6) is -0.0353. The van der Waals surface area contributed by atoms with Crippen molar-refractivity contribution in [3.63, 3.8) is 0 Å². The van der Waals surface area contributed by atoms with Crippen molar-refractivity contribution in [3.05, 3.63) is 24.3 Å². The van der Waals surface area contributed by atoms with Crippen molar-refractivity contribution in [2.75, 3.05) is 5.32 Å². The van der Waals surface area contributed by atoms with Crippen LogP contribution >= 0.6 is 0 Å². The van der Waals surface area contributed by atoms with Crippen molar-refractivity contribution in [1.29, 1.82) is 0 Å². The second-order valence-electron chi connectivity index (χ2n) is 4.01. The summed E-state index contributed by atoms with van der Waals surface area (Å²) in [6, 6.07) is 6.45. The van der Waals surface area contributed by atoms with Crippen molar-refractivity contribution < 1.29 is 9.90 Å². The average molecular weight is 206 g/mol. The molecule has 0 saturated heterocycles. The molecule has 4 nitrogen and oxygen atoms in total. The molecule has 0 radical (unpaired) electrons. The number of phenolic OH excluding ortho intramolecular Hbond substituents is 1. The van der Waals surface area contributed by atoms with Gasteiger partial charge in [0.1, 0.15) is 5.75 Å². The van der Waals surface area contributed by atoms with Gasteiger partial charge in [0.15, 0.2) is 0 Å². The summed E-state index contributed by atoms with van der Waals surface area (Å²) in [7, 11) is 0. The Morgan fingerprint density at radius 2 is 2.20 bits per heavy atom. The minimum absolute atomic E-state index is 0.132. The number of rotatable bonds is 2. The van der Waals surface area contributed by atoms with Crippen molar-refractivity contribution in [1.82, 2.24) is 0 Å². The smallest absolute Gasteiger partial charge is 0.244 e. The summed E-state index contributed by atoms with van der Waals surface area (Å²) in [5.41, 5.74) is 5.74. The van der Waals surface area contributed by atoms with E-state index in [2.05, 4.69) is 5.32 Å². The second kappa shape index (κ2) is 3.55. The summed E-state index contributed by atoms with van der Waals surface area (Å²) >= 11 is 0. The van der Waals surface area contributed by atoms with Crippen LogP contribution in [0.15, 0.2) is 24.3 Å². The SMILES string of the molecule is NC1(C(=O)Nc2cccc(O)c2)CCC1. The van der Waals surface area contributed by atoms with E-state index in [1.54, 1.807) is 18.2 Å². The highest BCUT2D eigenvalue weighted by molar-refractivity contribution is 5.98. The van der Waals surface area contributed by atoms with E-state index < -0.39 is 5.54 Å². The van der Waals surface area contributed by atoms with Crippen LogP contribution in [0.5, 0.6) is 5.75 Å². The zero-order valence-corrected chi connectivity index (χ0v) is 8.36. The molecule has 1 aromatic rings. The lowest BCUT2D eigenvalue weighted by Gasteiger charge is -2.36. The molecule has 1 aromatic carbocycles. The van der Waals surface area contributed by atoms with Crippen molar-refractivity contribution in [2.24, 2.45) is 5.73 Å². The molecule has 80 valence electrons. The second-order valence-corrected chi connectivity index (χ2v) is 4.01. The molecule has 4 heteroatoms. The third-order valence-electron chi connectivity index (χ3n) is 2.80. The Kier molecular flexibility index (Phi) is 2.36. The van der Waals surface area contributed by atoms with E-state index in [1.807, 2.05) is 0 Å². The number of aromatic hydroxyl groups is 1. The van der Waals surface area contributed by atoms with Crippen LogP contribution in [-0.4, -0.2) is 16.6 Å². The summed E-state index contributed by atoms with van der Waals surface area (Å²) < 4.78 is 0. The van der Waals surface area contributed by atoms with Crippen LogP contribution in [0.1, 0.15) is 19.3 Å². The minimum atomic E-state index is -0.703. The number of benzene rings is 1. The summed E-state index contributed by atoms with van der Waals surface area (Å²) in [6.07, 6.45) is 2.47. The molecule has 0 heterocycles. The van der Waals surface area contributed by atoms with Gasteiger partial charge >= 0.3 is 0 Å². The molecule has 0 atom stereocenters. The summed E-state index contributed by atoms with van der Waals surface area (Å²) in [6.45, 7) is 0. The summed E-state index contributed by atoms with van der Waals surface area (Å²) in [4.78, 5) is 11.7. The predicted octanol–water partition coefficient (Wildman–Crippen LogP) is 1.21. The molecule has 0 bridgehead atoms. The number of nitrogens with two attached hydrogens (primary N) is 1. The minimum Gasteiger partial charge on any atom is -0.508 e. The first-order valence-corrected chi connectivity index (χ1v) is 4.99. The molecule has 1 fully saturated rings. The molecular weight excluding hydrogens is 192 g/mol. The fraction of sp³-hybridized carbons (Fsp3) is 0.364. The van der Waals surface area contributed by atoms with Crippen molar-refractivity contribution >= 4 is 11.6 Å². The number of carbonyl (C=O) groups is 1. The van der Waals surface area contributed by atoms with Gasteiger partial charge in [0.2, 0.25) is 5.91 Å². The van der Waals surface area contributed by atoms with E-state index in [4.69, 9.17) is 5.73 Å². The Morgan fingerprint density at radius 3 is 2.73 bits per heavy atom. The topological polar surface area (TPSA) is 75.4 Å². The largest absolute Gasteiger partial charge is 0.508 e. The first-order chi connectivity index (χ1) is 7.10. The molecule has 0 unspecified atom stereocenters. The lowest BCUT2D eigenvalue weighted by Crippen LogP contribution is -2.56. The Morgan fingerprint density at radius 1 is 1.47 bits per heavy atom. The van der Waals surface area contributed by atoms with Crippen LogP contribution in [0, 0.1) is 0 Å². The molecule has 1 amide bonds. The van der Waals surface area contributed by atoms with Gasteiger partial charge in [-0.25, -0.2) is 0 Å². The lowest BCUT2D eigenvalue weighted by molar-refractivity contribution is -0.123. The van der Waals surface area contributed by atoms with Gasteiger partial charge < -0.3 is 16.2 Å². The number of amides is 1. The quantitative estimate of drug-likeness (QED) is 0.680. The van der Waals surface area contributed by atoms with Gasteiger partial charge in [-0.2, -0.15) is 0 Å². The predicted molar refractivity (Wildman–Crippen MR) is 57.5 cm³/mol. The van der Waals surface area contributed by atoms with E-state index >= 15 is 0 Å². The van der Waals surface area contributed by atoms with Gasteiger partial charge in [-0.3, -0.25) is 4.79 Å². The molecular formula is C11H14N2O2. The molecule has 0 spiro atoms. The number of hydrogen-bond donors (Lipinski definition) is 3. The molecule has 4 N–H and O–H groups in total. The Bertz CT molecular complexity index is 386. The molecule has 0 aromatic heterocycles. The zero-order chi connectivity index (χ0) is 10.9. The van der Waals surface area contributed by atoms with Gasteiger partial charge in [-0.15, -0.1) is 0 Å². The highest BCUT2D eigenvalue weighted by Gasteiger charge is 2.40. The fourth-order valence-electron chi connectivity index (χ4n) is 1.62. The fourth-order valence-corrected chi connectivity index (χ4v) is 1.62. The van der Waals surface area contributed by atoms with E-state index in [-0.39, 0.29) is 11.7 Å². The number of phenols is 1. The van der Waals surface area contributed by atoms with Crippen LogP contribution in [-0.2, 0) is 4.79 Å². The third kappa shape index (κ3) is 1.94. The first-order valence-electron chi connectivity index (χ1n) is 4.99. The van der Waals surface area contributed by atoms with Crippen LogP contribution in [0.2, 0.25) is 0 Å². The normalized spacial score (nSPS) is 17.9. The molecule has 15 heavy (non-hydrogen) atoms. The molecule has 2 rings (SSSR count). The molecule has 0 aliphatic heterocycles. The zero-order valence-electron chi connectivity index (χ0n) is 8.36. The molecule has 1 aliphatic rings. The number of carbonyl (C=O) groups excluding carboxylic acids is 1. The highest BCUT2D eigenvalue weighted by atomic mass is 16.3. The highest BCUT2D eigenvalue weighted by Crippen LogP contribution is 2.30. The monoisotopic (exact) mass is 206 g/mol. The van der Waals surface area contributed by atoms with E-state index in [0.29, 0.717) is 5.69 Å². The van der Waals surface area contributed by atoms with Crippen molar-refractivity contribution in [3.8, 4) is 5.75 Å². The van der Waals surface area contributed by atoms with Gasteiger partial charge in [0.25, 0.3) is 0 Å². The van der Waals surface area contributed by atoms with Gasteiger partial charge in [0.05, 0.1) is 5.54 Å². The maximum absolute atomic E-state index is 11.7. The average Bonchev–Trinajstić information content (AvgIpc) is 2.14. The number of anilines is 1. The van der Waals surface area contributed by atoms with Gasteiger partial charge in [-0.05, 0) is 31.4 Å². The molecule has 1 saturated carbocycles. The Hall–Kier alpha value is -1.55. The van der Waals surface area contributed by atoms with Gasteiger partial charge in [0, 0.05) is 11.8 Å². The standard InChI is InChI=1S/C11H14N2O2/c12-11(5-2-6-11)10(15)13-8-3-1-4-9(14)7-8/h1,3-4,7,14H,2,5-6,12H2,(H,13,15). The Balaban J connectivity index is 2.06. The van der Waals surface area contributed by atoms with Crippen molar-refractivity contribution in [2.45, 2.75) is 24.8 Å². The van der Waals surface area contributed by atoms with Crippen LogP contribution in [0.25, 0.3) is 0 Å². The third-order valence-corrected chi connectivity index (χ3v) is 2.80.